The number of nitrogens with one attached hydrogen (secondary N) is 1. The van der Waals surface area contributed by atoms with Crippen molar-refractivity contribution in [1.29, 1.82) is 0 Å². The summed E-state index contributed by atoms with van der Waals surface area (Å²) in [5.41, 5.74) is 0.557. The average Bonchev–Trinajstić information content (AvgIpc) is 2.46. The number of carboxylic acids is 1. The number of hydrogen-bond donors (Lipinski definition) is 2. The molecule has 7 heteroatoms. The highest BCUT2D eigenvalue weighted by molar-refractivity contribution is 7.92. The van der Waals surface area contributed by atoms with Gasteiger partial charge in [0.15, 0.2) is 0 Å². The van der Waals surface area contributed by atoms with Crippen LogP contribution in [-0.4, -0.2) is 25.2 Å². The number of thiophene rings is 1. The maximum Gasteiger partial charge on any atom is 0.346 e. The van der Waals surface area contributed by atoms with E-state index >= 15 is 0 Å². The summed E-state index contributed by atoms with van der Waals surface area (Å²) in [6, 6.07) is 1.52. The maximum absolute atomic E-state index is 11.2. The Morgan fingerprint density at radius 2 is 2.20 bits per heavy atom. The largest absolute Gasteiger partial charge is 0.477 e. The summed E-state index contributed by atoms with van der Waals surface area (Å²) in [4.78, 5) is 10.9. The Kier molecular flexibility index (Phi) is 3.35. The zero-order valence-corrected chi connectivity index (χ0v) is 9.91. The van der Waals surface area contributed by atoms with Crippen LogP contribution in [0.25, 0.3) is 0 Å². The third-order valence-corrected chi connectivity index (χ3v) is 4.31. The van der Waals surface area contributed by atoms with E-state index in [1.165, 1.54) is 13.0 Å². The lowest BCUT2D eigenvalue weighted by atomic mass is 10.3. The molecule has 1 aromatic rings. The quantitative estimate of drug-likeness (QED) is 0.847. The molecule has 5 nitrogen and oxygen atoms in total. The molecule has 0 aliphatic carbocycles. The van der Waals surface area contributed by atoms with E-state index < -0.39 is 16.0 Å². The van der Waals surface area contributed by atoms with Gasteiger partial charge in [0.25, 0.3) is 0 Å². The van der Waals surface area contributed by atoms with Crippen LogP contribution in [-0.2, 0) is 10.0 Å². The van der Waals surface area contributed by atoms with Gasteiger partial charge in [0.1, 0.15) is 9.88 Å². The van der Waals surface area contributed by atoms with Crippen LogP contribution in [0.15, 0.2) is 6.07 Å². The third-order valence-electron chi connectivity index (χ3n) is 1.75. The fourth-order valence-corrected chi connectivity index (χ4v) is 2.79. The summed E-state index contributed by atoms with van der Waals surface area (Å²) in [6.07, 6.45) is 0. The minimum Gasteiger partial charge on any atom is -0.477 e. The van der Waals surface area contributed by atoms with E-state index in [0.29, 0.717) is 10.6 Å². The Morgan fingerprint density at radius 1 is 1.60 bits per heavy atom. The van der Waals surface area contributed by atoms with Crippen LogP contribution < -0.4 is 4.72 Å². The van der Waals surface area contributed by atoms with Gasteiger partial charge in [-0.1, -0.05) is 0 Å². The minimum atomic E-state index is -3.33. The molecule has 0 bridgehead atoms. The van der Waals surface area contributed by atoms with E-state index in [2.05, 4.69) is 4.72 Å². The summed E-state index contributed by atoms with van der Waals surface area (Å²) in [5.74, 6) is -1.08. The van der Waals surface area contributed by atoms with Crippen LogP contribution in [0.5, 0.6) is 0 Å². The summed E-state index contributed by atoms with van der Waals surface area (Å²) < 4.78 is 24.7. The molecule has 0 aromatic carbocycles. The second-order valence-corrected chi connectivity index (χ2v) is 6.00. The first-order valence-corrected chi connectivity index (χ1v) is 6.67. The average molecular weight is 249 g/mol. The van der Waals surface area contributed by atoms with Crippen LogP contribution in [0.4, 0.5) is 5.00 Å². The third kappa shape index (κ3) is 2.93. The van der Waals surface area contributed by atoms with Gasteiger partial charge in [-0.15, -0.1) is 11.3 Å². The van der Waals surface area contributed by atoms with Crippen molar-refractivity contribution in [2.45, 2.75) is 13.8 Å². The number of aromatic carboxylic acids is 1. The molecule has 0 saturated carbocycles. The van der Waals surface area contributed by atoms with Crippen molar-refractivity contribution in [2.24, 2.45) is 0 Å². The fraction of sp³-hybridized carbons (Fsp3) is 0.375. The van der Waals surface area contributed by atoms with Crippen molar-refractivity contribution >= 4 is 32.3 Å². The topological polar surface area (TPSA) is 83.5 Å². The molecule has 2 N–H and O–H groups in total. The molecule has 0 spiro atoms. The van der Waals surface area contributed by atoms with Gasteiger partial charge < -0.3 is 5.11 Å². The van der Waals surface area contributed by atoms with Gasteiger partial charge in [0.05, 0.1) is 5.75 Å². The van der Waals surface area contributed by atoms with Gasteiger partial charge in [0.2, 0.25) is 10.0 Å². The van der Waals surface area contributed by atoms with Crippen molar-refractivity contribution in [2.75, 3.05) is 10.5 Å². The molecule has 0 fully saturated rings. The fourth-order valence-electron chi connectivity index (χ4n) is 0.970. The molecule has 1 aromatic heterocycles. The van der Waals surface area contributed by atoms with Gasteiger partial charge in [-0.25, -0.2) is 13.2 Å². The van der Waals surface area contributed by atoms with Crippen LogP contribution in [0.2, 0.25) is 0 Å². The number of sulfonamides is 1. The van der Waals surface area contributed by atoms with Crippen LogP contribution in [0.3, 0.4) is 0 Å². The van der Waals surface area contributed by atoms with E-state index in [1.807, 2.05) is 0 Å². The standard InChI is InChI=1S/C8H11NO4S2/c1-3-15(12,13)9-6-4-5(2)7(14-6)8(10)11/h4,9H,3H2,1-2H3,(H,10,11). The molecule has 0 radical (unpaired) electrons. The molecule has 0 atom stereocenters. The molecule has 0 aliphatic heterocycles. The van der Waals surface area contributed by atoms with E-state index in [1.54, 1.807) is 6.92 Å². The molecule has 0 amide bonds. The van der Waals surface area contributed by atoms with Crippen molar-refractivity contribution in [1.82, 2.24) is 0 Å². The molecule has 1 heterocycles. The van der Waals surface area contributed by atoms with Crippen LogP contribution in [0, 0.1) is 6.92 Å². The SMILES string of the molecule is CCS(=O)(=O)Nc1cc(C)c(C(=O)O)s1. The lowest BCUT2D eigenvalue weighted by Crippen LogP contribution is -2.13. The van der Waals surface area contributed by atoms with Crippen LogP contribution >= 0.6 is 11.3 Å². The van der Waals surface area contributed by atoms with Gasteiger partial charge >= 0.3 is 5.97 Å². The van der Waals surface area contributed by atoms with Gasteiger partial charge in [-0.3, -0.25) is 4.72 Å². The second-order valence-electron chi connectivity index (χ2n) is 2.93. The lowest BCUT2D eigenvalue weighted by Gasteiger charge is -2.00. The van der Waals surface area contributed by atoms with Crippen LogP contribution in [0.1, 0.15) is 22.2 Å². The number of carbonyl (C=O) groups is 1. The highest BCUT2D eigenvalue weighted by Crippen LogP contribution is 2.27. The van der Waals surface area contributed by atoms with E-state index in [0.717, 1.165) is 11.3 Å². The van der Waals surface area contributed by atoms with Crippen molar-refractivity contribution in [3.05, 3.63) is 16.5 Å². The van der Waals surface area contributed by atoms with Gasteiger partial charge in [-0.2, -0.15) is 0 Å². The highest BCUT2D eigenvalue weighted by Gasteiger charge is 2.15. The zero-order chi connectivity index (χ0) is 11.6. The molecule has 15 heavy (non-hydrogen) atoms. The predicted octanol–water partition coefficient (Wildman–Crippen LogP) is 1.52. The molecular weight excluding hydrogens is 238 g/mol. The normalized spacial score (nSPS) is 11.3. The Bertz CT molecular complexity index is 475. The predicted molar refractivity (Wildman–Crippen MR) is 59.1 cm³/mol. The second kappa shape index (κ2) is 4.19. The monoisotopic (exact) mass is 249 g/mol. The zero-order valence-electron chi connectivity index (χ0n) is 8.27. The van der Waals surface area contributed by atoms with Crippen molar-refractivity contribution < 1.29 is 18.3 Å². The summed E-state index contributed by atoms with van der Waals surface area (Å²) in [5, 5.41) is 9.11. The Labute approximate surface area is 91.8 Å². The number of hydrogen-bond acceptors (Lipinski definition) is 4. The maximum atomic E-state index is 11.2. The first-order valence-electron chi connectivity index (χ1n) is 4.20. The van der Waals surface area contributed by atoms with E-state index in [-0.39, 0.29) is 10.6 Å². The molecular formula is C8H11NO4S2. The first kappa shape index (κ1) is 12.0. The number of carboxylic acid groups (broad SMARTS) is 1. The van der Waals surface area contributed by atoms with E-state index in [4.69, 9.17) is 5.11 Å². The number of anilines is 1. The molecule has 0 unspecified atom stereocenters. The molecule has 0 saturated heterocycles. The van der Waals surface area contributed by atoms with Crippen molar-refractivity contribution in [3.63, 3.8) is 0 Å². The Morgan fingerprint density at radius 3 is 2.60 bits per heavy atom. The number of aryl methyl sites for hydroxylation is 1. The Balaban J connectivity index is 2.99. The molecule has 1 rings (SSSR count). The summed E-state index contributed by atoms with van der Waals surface area (Å²) in [6.45, 7) is 3.14. The molecule has 84 valence electrons. The minimum absolute atomic E-state index is 0.0354. The Hall–Kier alpha value is -1.08. The highest BCUT2D eigenvalue weighted by atomic mass is 32.2. The summed E-state index contributed by atoms with van der Waals surface area (Å²) >= 11 is 0.920. The lowest BCUT2D eigenvalue weighted by molar-refractivity contribution is 0.0701. The van der Waals surface area contributed by atoms with Gasteiger partial charge in [0, 0.05) is 0 Å². The first-order chi connectivity index (χ1) is 6.85. The smallest absolute Gasteiger partial charge is 0.346 e. The number of rotatable bonds is 4. The molecule has 0 aliphatic rings. The van der Waals surface area contributed by atoms with E-state index in [9.17, 15) is 13.2 Å². The van der Waals surface area contributed by atoms with Crippen molar-refractivity contribution in [3.8, 4) is 0 Å². The summed E-state index contributed by atoms with van der Waals surface area (Å²) in [7, 11) is -3.33. The van der Waals surface area contributed by atoms with Gasteiger partial charge in [-0.05, 0) is 25.5 Å².